The van der Waals surface area contributed by atoms with Crippen LogP contribution in [0.5, 0.6) is 5.75 Å². The molecule has 0 heterocycles. The van der Waals surface area contributed by atoms with Gasteiger partial charge in [-0.15, -0.1) is 0 Å². The van der Waals surface area contributed by atoms with Crippen LogP contribution >= 0.6 is 11.8 Å². The summed E-state index contributed by atoms with van der Waals surface area (Å²) < 4.78 is 5.36. The second-order valence-electron chi connectivity index (χ2n) is 9.30. The molecule has 0 saturated carbocycles. The lowest BCUT2D eigenvalue weighted by Crippen LogP contribution is -2.53. The van der Waals surface area contributed by atoms with Crippen LogP contribution in [0.2, 0.25) is 0 Å². The second-order valence-corrected chi connectivity index (χ2v) is 10.3. The molecule has 3 N–H and O–H groups in total. The van der Waals surface area contributed by atoms with Crippen LogP contribution in [0.4, 0.5) is 4.79 Å². The lowest BCUT2D eigenvalue weighted by molar-refractivity contribution is -0.142. The highest BCUT2D eigenvalue weighted by molar-refractivity contribution is 7.98. The van der Waals surface area contributed by atoms with Crippen molar-refractivity contribution in [2.75, 3.05) is 18.6 Å². The van der Waals surface area contributed by atoms with Crippen molar-refractivity contribution >= 4 is 29.7 Å². The topological polar surface area (TPSA) is 108 Å². The lowest BCUT2D eigenvalue weighted by atomic mass is 10.0. The van der Waals surface area contributed by atoms with Crippen molar-refractivity contribution in [3.05, 3.63) is 29.8 Å². The molecule has 0 aliphatic rings. The van der Waals surface area contributed by atoms with Gasteiger partial charge in [-0.1, -0.05) is 25.5 Å². The first-order valence-electron chi connectivity index (χ1n) is 11.8. The van der Waals surface area contributed by atoms with E-state index in [0.717, 1.165) is 12.8 Å². The first kappa shape index (κ1) is 29.6. The third-order valence-electron chi connectivity index (χ3n) is 5.10. The number of rotatable bonds is 12. The van der Waals surface area contributed by atoms with Crippen molar-refractivity contribution in [2.24, 2.45) is 0 Å². The SMILES string of the molecule is CCCC(C)NC(=O)C(c1ccc(O)cc1)N(CC)C(=O)C(CCSC)NC(=O)OC(C)(C)C. The van der Waals surface area contributed by atoms with Crippen molar-refractivity contribution in [3.63, 3.8) is 0 Å². The fourth-order valence-corrected chi connectivity index (χ4v) is 4.04. The number of nitrogens with zero attached hydrogens (tertiary/aromatic N) is 1. The van der Waals surface area contributed by atoms with Crippen LogP contribution in [0.15, 0.2) is 24.3 Å². The number of ether oxygens (including phenoxy) is 1. The minimum absolute atomic E-state index is 0.0573. The summed E-state index contributed by atoms with van der Waals surface area (Å²) in [6.45, 7) is 11.3. The van der Waals surface area contributed by atoms with Crippen LogP contribution in [0, 0.1) is 0 Å². The molecule has 0 saturated heterocycles. The van der Waals surface area contributed by atoms with E-state index in [1.807, 2.05) is 20.1 Å². The highest BCUT2D eigenvalue weighted by Gasteiger charge is 2.35. The van der Waals surface area contributed by atoms with Gasteiger partial charge in [0.1, 0.15) is 23.4 Å². The standard InChI is InChI=1S/C25H41N3O5S/c1-8-10-17(3)26-22(30)21(18-11-13-19(29)14-12-18)28(9-2)23(31)20(15-16-34-7)27-24(32)33-25(4,5)6/h11-14,17,20-21,29H,8-10,15-16H2,1-7H3,(H,26,30)(H,27,32). The lowest BCUT2D eigenvalue weighted by Gasteiger charge is -2.34. The Bertz CT molecular complexity index is 795. The Morgan fingerprint density at radius 1 is 1.09 bits per heavy atom. The number of thioether (sulfide) groups is 1. The Morgan fingerprint density at radius 2 is 1.71 bits per heavy atom. The zero-order valence-corrected chi connectivity index (χ0v) is 22.3. The van der Waals surface area contributed by atoms with E-state index < -0.39 is 23.8 Å². The van der Waals surface area contributed by atoms with Gasteiger partial charge in [-0.2, -0.15) is 11.8 Å². The van der Waals surface area contributed by atoms with E-state index in [1.165, 1.54) is 17.0 Å². The number of likely N-dealkylation sites (N-methyl/N-ethyl adjacent to an activating group) is 1. The Morgan fingerprint density at radius 3 is 2.21 bits per heavy atom. The molecule has 0 aliphatic carbocycles. The number of aromatic hydroxyl groups is 1. The number of alkyl carbamates (subject to hydrolysis) is 1. The van der Waals surface area contributed by atoms with Gasteiger partial charge in [0.25, 0.3) is 0 Å². The van der Waals surface area contributed by atoms with Crippen LogP contribution < -0.4 is 10.6 Å². The molecule has 1 rings (SSSR count). The van der Waals surface area contributed by atoms with Gasteiger partial charge in [0.05, 0.1) is 0 Å². The van der Waals surface area contributed by atoms with Gasteiger partial charge >= 0.3 is 6.09 Å². The molecule has 8 nitrogen and oxygen atoms in total. The maximum atomic E-state index is 13.7. The van der Waals surface area contributed by atoms with E-state index in [4.69, 9.17) is 4.74 Å². The van der Waals surface area contributed by atoms with Gasteiger partial charge in [0.15, 0.2) is 0 Å². The highest BCUT2D eigenvalue weighted by atomic mass is 32.2. The van der Waals surface area contributed by atoms with E-state index in [0.29, 0.717) is 17.7 Å². The molecule has 0 bridgehead atoms. The van der Waals surface area contributed by atoms with Gasteiger partial charge < -0.3 is 25.4 Å². The van der Waals surface area contributed by atoms with Gasteiger partial charge in [-0.25, -0.2) is 4.79 Å². The molecule has 3 atom stereocenters. The number of carbonyl (C=O) groups is 3. The zero-order valence-electron chi connectivity index (χ0n) is 21.5. The molecular weight excluding hydrogens is 454 g/mol. The molecule has 34 heavy (non-hydrogen) atoms. The van der Waals surface area contributed by atoms with Gasteiger partial charge in [0.2, 0.25) is 11.8 Å². The summed E-state index contributed by atoms with van der Waals surface area (Å²) in [4.78, 5) is 41.0. The summed E-state index contributed by atoms with van der Waals surface area (Å²) in [5.41, 5.74) is -0.124. The molecule has 0 aromatic heterocycles. The second kappa shape index (κ2) is 14.1. The molecule has 0 fully saturated rings. The molecule has 3 amide bonds. The number of amides is 3. The first-order chi connectivity index (χ1) is 15.9. The number of phenolic OH excluding ortho intramolecular Hbond substituents is 1. The quantitative estimate of drug-likeness (QED) is 0.400. The van der Waals surface area contributed by atoms with Crippen molar-refractivity contribution in [1.29, 1.82) is 0 Å². The minimum Gasteiger partial charge on any atom is -0.508 e. The Kier molecular flexibility index (Phi) is 12.3. The third-order valence-corrected chi connectivity index (χ3v) is 5.75. The predicted octanol–water partition coefficient (Wildman–Crippen LogP) is 4.23. The number of phenols is 1. The molecule has 0 radical (unpaired) electrons. The number of nitrogens with one attached hydrogen (secondary N) is 2. The zero-order chi connectivity index (χ0) is 25.9. The summed E-state index contributed by atoms with van der Waals surface area (Å²) in [5.74, 6) is 0.0514. The largest absolute Gasteiger partial charge is 0.508 e. The van der Waals surface area contributed by atoms with E-state index >= 15 is 0 Å². The number of carbonyl (C=O) groups excluding carboxylic acids is 3. The molecule has 1 aromatic carbocycles. The van der Waals surface area contributed by atoms with Crippen molar-refractivity contribution < 1.29 is 24.2 Å². The monoisotopic (exact) mass is 495 g/mol. The molecule has 9 heteroatoms. The summed E-state index contributed by atoms with van der Waals surface area (Å²) in [6.07, 6.45) is 3.37. The molecular formula is C25H41N3O5S. The summed E-state index contributed by atoms with van der Waals surface area (Å²) in [5, 5.41) is 15.4. The van der Waals surface area contributed by atoms with Crippen LogP contribution in [-0.4, -0.2) is 64.2 Å². The fourth-order valence-electron chi connectivity index (χ4n) is 3.57. The van der Waals surface area contributed by atoms with E-state index in [-0.39, 0.29) is 30.2 Å². The predicted molar refractivity (Wildman–Crippen MR) is 137 cm³/mol. The van der Waals surface area contributed by atoms with Crippen LogP contribution in [0.25, 0.3) is 0 Å². The summed E-state index contributed by atoms with van der Waals surface area (Å²) in [6, 6.07) is 4.45. The maximum Gasteiger partial charge on any atom is 0.408 e. The van der Waals surface area contributed by atoms with Crippen LogP contribution in [0.3, 0.4) is 0 Å². The smallest absolute Gasteiger partial charge is 0.408 e. The van der Waals surface area contributed by atoms with E-state index in [9.17, 15) is 19.5 Å². The maximum absolute atomic E-state index is 13.7. The number of hydrogen-bond acceptors (Lipinski definition) is 6. The van der Waals surface area contributed by atoms with E-state index in [1.54, 1.807) is 51.6 Å². The minimum atomic E-state index is -0.908. The van der Waals surface area contributed by atoms with Gasteiger partial charge in [-0.05, 0) is 77.2 Å². The van der Waals surface area contributed by atoms with Gasteiger partial charge in [-0.3, -0.25) is 9.59 Å². The van der Waals surface area contributed by atoms with Crippen LogP contribution in [0.1, 0.15) is 72.4 Å². The Labute approximate surface area is 208 Å². The molecule has 1 aromatic rings. The van der Waals surface area contributed by atoms with Gasteiger partial charge in [0, 0.05) is 12.6 Å². The first-order valence-corrected chi connectivity index (χ1v) is 13.2. The van der Waals surface area contributed by atoms with Crippen molar-refractivity contribution in [2.45, 2.75) is 84.5 Å². The third kappa shape index (κ3) is 9.83. The average Bonchev–Trinajstić information content (AvgIpc) is 2.74. The van der Waals surface area contributed by atoms with E-state index in [2.05, 4.69) is 10.6 Å². The summed E-state index contributed by atoms with van der Waals surface area (Å²) in [7, 11) is 0. The van der Waals surface area contributed by atoms with Crippen molar-refractivity contribution in [3.8, 4) is 5.75 Å². The van der Waals surface area contributed by atoms with Crippen molar-refractivity contribution in [1.82, 2.24) is 15.5 Å². The fraction of sp³-hybridized carbons (Fsp3) is 0.640. The molecule has 192 valence electrons. The average molecular weight is 496 g/mol. The highest BCUT2D eigenvalue weighted by Crippen LogP contribution is 2.25. The molecule has 0 aliphatic heterocycles. The number of hydrogen-bond donors (Lipinski definition) is 3. The van der Waals surface area contributed by atoms with Crippen LogP contribution in [-0.2, 0) is 14.3 Å². The molecule has 3 unspecified atom stereocenters. The Hall–Kier alpha value is -2.42. The molecule has 0 spiro atoms. The normalized spacial score (nSPS) is 14.0. The Balaban J connectivity index is 3.30. The number of benzene rings is 1. The summed E-state index contributed by atoms with van der Waals surface area (Å²) >= 11 is 1.56.